The third-order valence-electron chi connectivity index (χ3n) is 4.50. The molecule has 104 valence electrons. The summed E-state index contributed by atoms with van der Waals surface area (Å²) in [5, 5.41) is 9.23. The van der Waals surface area contributed by atoms with Gasteiger partial charge < -0.3 is 15.7 Å². The van der Waals surface area contributed by atoms with Crippen molar-refractivity contribution in [1.82, 2.24) is 4.90 Å². The predicted molar refractivity (Wildman–Crippen MR) is 71.0 cm³/mol. The molecule has 1 saturated carbocycles. The molecule has 1 aliphatic heterocycles. The van der Waals surface area contributed by atoms with Crippen LogP contribution in [0.15, 0.2) is 0 Å². The number of hydrogen-bond acceptors (Lipinski definition) is 3. The van der Waals surface area contributed by atoms with E-state index in [0.29, 0.717) is 18.4 Å². The van der Waals surface area contributed by atoms with Crippen LogP contribution in [0.4, 0.5) is 0 Å². The Morgan fingerprint density at radius 3 is 2.83 bits per heavy atom. The molecule has 0 aromatic heterocycles. The number of nitrogens with zero attached hydrogens (tertiary/aromatic N) is 1. The first-order valence-electron chi connectivity index (χ1n) is 7.36. The third kappa shape index (κ3) is 3.45. The molecule has 0 spiro atoms. The normalized spacial score (nSPS) is 32.8. The molecule has 0 radical (unpaired) electrons. The minimum Gasteiger partial charge on any atom is -0.394 e. The van der Waals surface area contributed by atoms with Crippen LogP contribution in [-0.4, -0.2) is 41.1 Å². The molecule has 1 heterocycles. The van der Waals surface area contributed by atoms with Gasteiger partial charge in [0.15, 0.2) is 0 Å². The Balaban J connectivity index is 1.74. The second-order valence-electron chi connectivity index (χ2n) is 5.90. The standard InChI is InChI=1S/C14H26N2O2/c15-12-4-1-3-11(9-12)6-7-14(18)16-8-2-5-13(16)10-17/h11-13,17H,1-10,15H2. The van der Waals surface area contributed by atoms with E-state index in [9.17, 15) is 9.90 Å². The smallest absolute Gasteiger partial charge is 0.222 e. The Labute approximate surface area is 110 Å². The quantitative estimate of drug-likeness (QED) is 0.794. The van der Waals surface area contributed by atoms with Crippen molar-refractivity contribution < 1.29 is 9.90 Å². The molecule has 3 atom stereocenters. The molecule has 1 amide bonds. The van der Waals surface area contributed by atoms with Crippen molar-refractivity contribution in [2.75, 3.05) is 13.2 Å². The number of carbonyl (C=O) groups is 1. The lowest BCUT2D eigenvalue weighted by Crippen LogP contribution is -2.38. The van der Waals surface area contributed by atoms with Crippen molar-refractivity contribution in [3.05, 3.63) is 0 Å². The maximum absolute atomic E-state index is 12.1. The monoisotopic (exact) mass is 254 g/mol. The van der Waals surface area contributed by atoms with Gasteiger partial charge in [0.25, 0.3) is 0 Å². The number of amides is 1. The summed E-state index contributed by atoms with van der Waals surface area (Å²) in [6, 6.07) is 0.418. The van der Waals surface area contributed by atoms with Gasteiger partial charge in [-0.05, 0) is 38.0 Å². The van der Waals surface area contributed by atoms with Crippen LogP contribution >= 0.6 is 0 Å². The molecule has 4 heteroatoms. The third-order valence-corrected chi connectivity index (χ3v) is 4.50. The van der Waals surface area contributed by atoms with Gasteiger partial charge in [-0.2, -0.15) is 0 Å². The summed E-state index contributed by atoms with van der Waals surface area (Å²) in [4.78, 5) is 14.0. The van der Waals surface area contributed by atoms with Crippen LogP contribution in [-0.2, 0) is 4.79 Å². The Bertz CT molecular complexity index is 283. The summed E-state index contributed by atoms with van der Waals surface area (Å²) in [6.07, 6.45) is 8.25. The lowest BCUT2D eigenvalue weighted by atomic mass is 9.83. The SMILES string of the molecule is NC1CCCC(CCC(=O)N2CCCC2CO)C1. The molecule has 4 nitrogen and oxygen atoms in total. The Morgan fingerprint density at radius 2 is 2.11 bits per heavy atom. The van der Waals surface area contributed by atoms with E-state index in [1.54, 1.807) is 0 Å². The highest BCUT2D eigenvalue weighted by atomic mass is 16.3. The largest absolute Gasteiger partial charge is 0.394 e. The van der Waals surface area contributed by atoms with Crippen LogP contribution in [0.3, 0.4) is 0 Å². The van der Waals surface area contributed by atoms with E-state index < -0.39 is 0 Å². The zero-order valence-electron chi connectivity index (χ0n) is 11.2. The molecule has 0 aromatic carbocycles. The molecule has 1 saturated heterocycles. The molecule has 0 aromatic rings. The van der Waals surface area contributed by atoms with E-state index in [1.807, 2.05) is 4.90 Å². The fraction of sp³-hybridized carbons (Fsp3) is 0.929. The van der Waals surface area contributed by atoms with Gasteiger partial charge in [0, 0.05) is 19.0 Å². The van der Waals surface area contributed by atoms with Gasteiger partial charge in [0.05, 0.1) is 12.6 Å². The summed E-state index contributed by atoms with van der Waals surface area (Å²) in [5.41, 5.74) is 5.97. The number of likely N-dealkylation sites (tertiary alicyclic amines) is 1. The predicted octanol–water partition coefficient (Wildman–Crippen LogP) is 1.27. The van der Waals surface area contributed by atoms with E-state index in [4.69, 9.17) is 5.73 Å². The van der Waals surface area contributed by atoms with E-state index in [1.165, 1.54) is 12.8 Å². The minimum absolute atomic E-state index is 0.0751. The van der Waals surface area contributed by atoms with Crippen molar-refractivity contribution in [3.63, 3.8) is 0 Å². The van der Waals surface area contributed by atoms with Crippen LogP contribution in [0.2, 0.25) is 0 Å². The molecular formula is C14H26N2O2. The highest BCUT2D eigenvalue weighted by Gasteiger charge is 2.28. The molecule has 2 fully saturated rings. The summed E-state index contributed by atoms with van der Waals surface area (Å²) in [7, 11) is 0. The van der Waals surface area contributed by atoms with Crippen LogP contribution < -0.4 is 5.73 Å². The van der Waals surface area contributed by atoms with Crippen LogP contribution in [0.5, 0.6) is 0 Å². The topological polar surface area (TPSA) is 66.6 Å². The second-order valence-corrected chi connectivity index (χ2v) is 5.90. The maximum Gasteiger partial charge on any atom is 0.222 e. The first-order valence-corrected chi connectivity index (χ1v) is 7.36. The zero-order chi connectivity index (χ0) is 13.0. The average Bonchev–Trinajstić information content (AvgIpc) is 2.84. The van der Waals surface area contributed by atoms with Crippen LogP contribution in [0.25, 0.3) is 0 Å². The molecule has 3 N–H and O–H groups in total. The van der Waals surface area contributed by atoms with Gasteiger partial charge in [-0.1, -0.05) is 12.8 Å². The van der Waals surface area contributed by atoms with E-state index in [0.717, 1.165) is 38.6 Å². The molecule has 1 aliphatic carbocycles. The number of carbonyl (C=O) groups excluding carboxylic acids is 1. The first-order chi connectivity index (χ1) is 8.70. The lowest BCUT2D eigenvalue weighted by molar-refractivity contribution is -0.133. The van der Waals surface area contributed by atoms with Crippen LogP contribution in [0.1, 0.15) is 51.4 Å². The molecular weight excluding hydrogens is 228 g/mol. The van der Waals surface area contributed by atoms with E-state index >= 15 is 0 Å². The zero-order valence-corrected chi connectivity index (χ0v) is 11.2. The summed E-state index contributed by atoms with van der Waals surface area (Å²) in [5.74, 6) is 0.860. The van der Waals surface area contributed by atoms with Crippen molar-refractivity contribution in [2.24, 2.45) is 11.7 Å². The molecule has 18 heavy (non-hydrogen) atoms. The summed E-state index contributed by atoms with van der Waals surface area (Å²) < 4.78 is 0. The average molecular weight is 254 g/mol. The van der Waals surface area contributed by atoms with Gasteiger partial charge in [-0.3, -0.25) is 4.79 Å². The van der Waals surface area contributed by atoms with Crippen LogP contribution in [0, 0.1) is 5.92 Å². The van der Waals surface area contributed by atoms with Gasteiger partial charge in [0.2, 0.25) is 5.91 Å². The molecule has 0 bridgehead atoms. The van der Waals surface area contributed by atoms with E-state index in [2.05, 4.69) is 0 Å². The second kappa shape index (κ2) is 6.53. The van der Waals surface area contributed by atoms with Gasteiger partial charge in [-0.15, -0.1) is 0 Å². The first kappa shape index (κ1) is 13.8. The Kier molecular flexibility index (Phi) is 5.01. The highest BCUT2D eigenvalue weighted by Crippen LogP contribution is 2.28. The van der Waals surface area contributed by atoms with Gasteiger partial charge in [-0.25, -0.2) is 0 Å². The molecule has 2 rings (SSSR count). The molecule has 3 unspecified atom stereocenters. The molecule has 2 aliphatic rings. The van der Waals surface area contributed by atoms with Crippen molar-refractivity contribution in [3.8, 4) is 0 Å². The number of rotatable bonds is 4. The Hall–Kier alpha value is -0.610. The highest BCUT2D eigenvalue weighted by molar-refractivity contribution is 5.76. The number of nitrogens with two attached hydrogens (primary N) is 1. The maximum atomic E-state index is 12.1. The van der Waals surface area contributed by atoms with E-state index in [-0.39, 0.29) is 18.6 Å². The summed E-state index contributed by atoms with van der Waals surface area (Å²) in [6.45, 7) is 0.939. The van der Waals surface area contributed by atoms with Crippen molar-refractivity contribution in [1.29, 1.82) is 0 Å². The fourth-order valence-electron chi connectivity index (χ4n) is 3.42. The minimum atomic E-state index is 0.0751. The van der Waals surface area contributed by atoms with Crippen molar-refractivity contribution >= 4 is 5.91 Å². The number of hydrogen-bond donors (Lipinski definition) is 2. The van der Waals surface area contributed by atoms with Gasteiger partial charge >= 0.3 is 0 Å². The fourth-order valence-corrected chi connectivity index (χ4v) is 3.42. The Morgan fingerprint density at radius 1 is 1.28 bits per heavy atom. The lowest BCUT2D eigenvalue weighted by Gasteiger charge is -2.28. The van der Waals surface area contributed by atoms with Crippen molar-refractivity contribution in [2.45, 2.75) is 63.5 Å². The number of aliphatic hydroxyl groups is 1. The number of aliphatic hydroxyl groups excluding tert-OH is 1. The summed E-state index contributed by atoms with van der Waals surface area (Å²) >= 11 is 0. The van der Waals surface area contributed by atoms with Gasteiger partial charge in [0.1, 0.15) is 0 Å².